The minimum atomic E-state index is 0. The van der Waals surface area contributed by atoms with Crippen molar-refractivity contribution in [2.45, 2.75) is 27.7 Å². The summed E-state index contributed by atoms with van der Waals surface area (Å²) in [7, 11) is 0. The molecule has 0 fully saturated rings. The fraction of sp³-hybridized carbons (Fsp3) is 0.0548. The number of nitrogens with zero attached hydrogens (tertiary/aromatic N) is 3. The maximum atomic E-state index is 4.70. The van der Waals surface area contributed by atoms with Crippen molar-refractivity contribution in [2.75, 3.05) is 0 Å². The van der Waals surface area contributed by atoms with Gasteiger partial charge in [-0.05, 0) is 132 Å². The van der Waals surface area contributed by atoms with Gasteiger partial charge in [-0.3, -0.25) is 0 Å². The molecule has 0 aliphatic heterocycles. The molecule has 369 valence electrons. The van der Waals surface area contributed by atoms with Crippen molar-refractivity contribution in [1.82, 2.24) is 15.0 Å². The van der Waals surface area contributed by atoms with Crippen molar-refractivity contribution in [2.24, 2.45) is 0 Å². The summed E-state index contributed by atoms with van der Waals surface area (Å²) in [4.78, 5) is 14.0. The first-order valence-electron chi connectivity index (χ1n) is 25.9. The quantitative estimate of drug-likeness (QED) is 0.131. The van der Waals surface area contributed by atoms with Crippen molar-refractivity contribution in [3.63, 3.8) is 0 Å². The fourth-order valence-corrected chi connectivity index (χ4v) is 11.5. The first kappa shape index (κ1) is 49.0. The Kier molecular flexibility index (Phi) is 13.1. The van der Waals surface area contributed by atoms with Crippen LogP contribution in [0.15, 0.2) is 231 Å². The van der Waals surface area contributed by atoms with Crippen LogP contribution in [0.3, 0.4) is 0 Å². The van der Waals surface area contributed by atoms with Gasteiger partial charge in [0.05, 0.1) is 0 Å². The van der Waals surface area contributed by atoms with Gasteiger partial charge in [0.15, 0.2) is 0 Å². The van der Waals surface area contributed by atoms with Crippen LogP contribution in [-0.4, -0.2) is 15.0 Å². The van der Waals surface area contributed by atoms with Gasteiger partial charge in [0, 0.05) is 38.7 Å². The summed E-state index contributed by atoms with van der Waals surface area (Å²) >= 11 is 0. The number of hydrogen-bond acceptors (Lipinski definition) is 3. The molecule has 0 atom stereocenters. The Balaban J connectivity index is 0.000000115. The van der Waals surface area contributed by atoms with Gasteiger partial charge >= 0.3 is 0 Å². The summed E-state index contributed by atoms with van der Waals surface area (Å²) in [6, 6.07) is 85.5. The molecule has 0 spiro atoms. The zero-order chi connectivity index (χ0) is 51.3. The summed E-state index contributed by atoms with van der Waals surface area (Å²) in [5.41, 5.74) is 10.9. The van der Waals surface area contributed by atoms with Crippen LogP contribution in [0.2, 0.25) is 0 Å². The number of pyridine rings is 3. The van der Waals surface area contributed by atoms with Crippen molar-refractivity contribution in [1.29, 1.82) is 0 Å². The average Bonchev–Trinajstić information content (AvgIpc) is 3.54. The molecule has 12 aromatic carbocycles. The second-order valence-electron chi connectivity index (χ2n) is 19.9. The van der Waals surface area contributed by atoms with Gasteiger partial charge in [-0.1, -0.05) is 173 Å². The molecule has 3 aromatic heterocycles. The topological polar surface area (TPSA) is 38.7 Å². The number of fused-ring (bicyclic) bond motifs is 15. The molecular formula is C73H50IrN3-3. The number of benzene rings is 12. The summed E-state index contributed by atoms with van der Waals surface area (Å²) in [5, 5.41) is 22.6. The molecule has 3 heterocycles. The zero-order valence-corrected chi connectivity index (χ0v) is 45.5. The van der Waals surface area contributed by atoms with Crippen molar-refractivity contribution in [3.8, 4) is 33.8 Å². The van der Waals surface area contributed by atoms with E-state index in [1.165, 1.54) is 108 Å². The van der Waals surface area contributed by atoms with Crippen LogP contribution in [0.1, 0.15) is 22.3 Å². The van der Waals surface area contributed by atoms with Gasteiger partial charge in [-0.2, -0.15) is 0 Å². The minimum Gasteiger partial charge on any atom is -0.304 e. The largest absolute Gasteiger partial charge is 0.304 e. The molecule has 15 rings (SSSR count). The molecule has 4 heteroatoms. The third kappa shape index (κ3) is 9.16. The summed E-state index contributed by atoms with van der Waals surface area (Å²) < 4.78 is 0. The predicted octanol–water partition coefficient (Wildman–Crippen LogP) is 19.3. The normalized spacial score (nSPS) is 11.3. The Morgan fingerprint density at radius 3 is 0.948 bits per heavy atom. The van der Waals surface area contributed by atoms with Crippen LogP contribution < -0.4 is 0 Å². The third-order valence-corrected chi connectivity index (χ3v) is 14.8. The van der Waals surface area contributed by atoms with E-state index in [1.54, 1.807) is 0 Å². The maximum Gasteiger partial charge on any atom is 0.0167 e. The molecule has 0 saturated carbocycles. The Hall–Kier alpha value is -8.92. The third-order valence-electron chi connectivity index (χ3n) is 14.8. The smallest absolute Gasteiger partial charge is 0.0167 e. The molecule has 15 aromatic rings. The van der Waals surface area contributed by atoms with Crippen molar-refractivity contribution < 1.29 is 20.1 Å². The summed E-state index contributed by atoms with van der Waals surface area (Å²) in [5.74, 6) is 0. The van der Waals surface area contributed by atoms with E-state index in [0.29, 0.717) is 0 Å². The van der Waals surface area contributed by atoms with Gasteiger partial charge in [0.2, 0.25) is 0 Å². The molecule has 0 amide bonds. The number of aryl methyl sites for hydroxylation is 4. The van der Waals surface area contributed by atoms with Crippen molar-refractivity contribution in [3.05, 3.63) is 271 Å². The molecule has 3 nitrogen and oxygen atoms in total. The molecule has 0 aliphatic rings. The monoisotopic (exact) mass is 1160 g/mol. The Morgan fingerprint density at radius 2 is 0.584 bits per heavy atom. The first-order chi connectivity index (χ1) is 37.3. The molecule has 0 unspecified atom stereocenters. The van der Waals surface area contributed by atoms with E-state index < -0.39 is 0 Å². The first-order valence-corrected chi connectivity index (χ1v) is 25.9. The van der Waals surface area contributed by atoms with E-state index in [9.17, 15) is 0 Å². The van der Waals surface area contributed by atoms with E-state index in [1.807, 2.05) is 36.8 Å². The van der Waals surface area contributed by atoms with Gasteiger partial charge in [0.25, 0.3) is 0 Å². The van der Waals surface area contributed by atoms with Crippen LogP contribution in [0.5, 0.6) is 0 Å². The van der Waals surface area contributed by atoms with E-state index in [2.05, 4.69) is 245 Å². The Bertz CT molecular complexity index is 4510. The maximum absolute atomic E-state index is 4.70. The number of hydrogen-bond donors (Lipinski definition) is 0. The molecule has 0 aliphatic carbocycles. The standard InChI is InChI=1S/2C25H18N.C23H14N.Ir/c2*1-16-13-17(2)15-19(14-16)25-24-10-9-21-20-6-4-3-5-18(20)7-8-22(21)23(24)11-12-26-25;1-2-7-17(8-3-1)23-22-13-12-19-18-9-5-4-6-16(18)10-11-20(19)21(22)14-15-24-23;/h2*3-14H,1-2H3;1-7,9-15H;/q3*-1;. The fourth-order valence-electron chi connectivity index (χ4n) is 11.5. The summed E-state index contributed by atoms with van der Waals surface area (Å²) in [6.07, 6.45) is 5.72. The number of aromatic nitrogens is 3. The van der Waals surface area contributed by atoms with Crippen LogP contribution in [0.4, 0.5) is 0 Å². The van der Waals surface area contributed by atoms with Crippen LogP contribution in [0.25, 0.3) is 131 Å². The van der Waals surface area contributed by atoms with Crippen molar-refractivity contribution >= 4 is 97.0 Å². The SMILES string of the molecule is Cc1[c-]c(-c2nccc3c2ccc2c4ccccc4ccc32)cc(C)c1.Cc1[c-]c(-c2nccc3c2ccc2c4ccccc4ccc32)cc(C)c1.[Ir].[c-]1ccccc1-c1nccc2c1ccc1c3ccccc3ccc21. The number of rotatable bonds is 3. The average molecular weight is 1160 g/mol. The van der Waals surface area contributed by atoms with E-state index in [-0.39, 0.29) is 20.1 Å². The van der Waals surface area contributed by atoms with Gasteiger partial charge < -0.3 is 15.0 Å². The minimum absolute atomic E-state index is 0. The summed E-state index contributed by atoms with van der Waals surface area (Å²) in [6.45, 7) is 8.42. The van der Waals surface area contributed by atoms with Gasteiger partial charge in [-0.15, -0.1) is 106 Å². The van der Waals surface area contributed by atoms with Gasteiger partial charge in [0.1, 0.15) is 0 Å². The molecule has 1 radical (unpaired) electrons. The Labute approximate surface area is 461 Å². The van der Waals surface area contributed by atoms with E-state index in [0.717, 1.165) is 44.9 Å². The second kappa shape index (κ2) is 20.7. The van der Waals surface area contributed by atoms with E-state index >= 15 is 0 Å². The zero-order valence-electron chi connectivity index (χ0n) is 43.1. The molecular weight excluding hydrogens is 1110 g/mol. The molecule has 0 bridgehead atoms. The Morgan fingerprint density at radius 1 is 0.273 bits per heavy atom. The van der Waals surface area contributed by atoms with Crippen LogP contribution in [0, 0.1) is 45.9 Å². The molecule has 0 N–H and O–H groups in total. The predicted molar refractivity (Wildman–Crippen MR) is 322 cm³/mol. The van der Waals surface area contributed by atoms with Crippen LogP contribution >= 0.6 is 0 Å². The van der Waals surface area contributed by atoms with Crippen LogP contribution in [-0.2, 0) is 20.1 Å². The second-order valence-corrected chi connectivity index (χ2v) is 19.9. The van der Waals surface area contributed by atoms with E-state index in [4.69, 9.17) is 9.97 Å². The molecule has 0 saturated heterocycles. The molecule has 77 heavy (non-hydrogen) atoms. The van der Waals surface area contributed by atoms with Gasteiger partial charge in [-0.25, -0.2) is 0 Å².